The Morgan fingerprint density at radius 2 is 2.00 bits per heavy atom. The predicted octanol–water partition coefficient (Wildman–Crippen LogP) is 1.47. The Balaban J connectivity index is 1.45. The molecule has 1 aromatic rings. The van der Waals surface area contributed by atoms with Gasteiger partial charge in [0.1, 0.15) is 6.61 Å². The number of hydrogen-bond acceptors (Lipinski definition) is 5. The van der Waals surface area contributed by atoms with Crippen LogP contribution < -0.4 is 0 Å². The summed E-state index contributed by atoms with van der Waals surface area (Å²) >= 11 is 0. The van der Waals surface area contributed by atoms with Gasteiger partial charge in [-0.15, -0.1) is 0 Å². The van der Waals surface area contributed by atoms with E-state index in [0.717, 1.165) is 37.8 Å². The van der Waals surface area contributed by atoms with Gasteiger partial charge in [0.25, 0.3) is 0 Å². The van der Waals surface area contributed by atoms with Crippen LogP contribution in [-0.2, 0) is 25.7 Å². The molecule has 0 N–H and O–H groups in total. The van der Waals surface area contributed by atoms with Crippen LogP contribution in [0.2, 0.25) is 0 Å². The van der Waals surface area contributed by atoms with E-state index < -0.39 is 0 Å². The van der Waals surface area contributed by atoms with Crippen LogP contribution in [0, 0.1) is 5.92 Å². The van der Waals surface area contributed by atoms with Crippen molar-refractivity contribution < 1.29 is 19.1 Å². The highest BCUT2D eigenvalue weighted by molar-refractivity contribution is 5.80. The summed E-state index contributed by atoms with van der Waals surface area (Å²) in [4.78, 5) is 32.7. The van der Waals surface area contributed by atoms with Crippen LogP contribution >= 0.6 is 0 Å². The molecule has 2 saturated heterocycles. The number of hydrogen-bond donors (Lipinski definition) is 0. The number of methoxy groups -OCH3 is 1. The molecule has 0 radical (unpaired) electrons. The summed E-state index contributed by atoms with van der Waals surface area (Å²) in [5.41, 5.74) is 1.05. The number of rotatable bonds is 6. The van der Waals surface area contributed by atoms with Crippen LogP contribution in [0.3, 0.4) is 0 Å². The lowest BCUT2D eigenvalue weighted by molar-refractivity contribution is -0.145. The van der Waals surface area contributed by atoms with Gasteiger partial charge in [-0.05, 0) is 37.3 Å². The fourth-order valence-corrected chi connectivity index (χ4v) is 3.82. The molecule has 0 aliphatic carbocycles. The number of amides is 2. The number of carbonyl (C=O) groups excluding carboxylic acids is 2. The van der Waals surface area contributed by atoms with Crippen LogP contribution in [0.4, 0.5) is 0 Å². The molecular formula is C20H29N3O4. The lowest BCUT2D eigenvalue weighted by atomic mass is 9.94. The second-order valence-corrected chi connectivity index (χ2v) is 7.31. The minimum absolute atomic E-state index is 0.00485. The number of nitrogens with zero attached hydrogens (tertiary/aromatic N) is 3. The maximum Gasteiger partial charge on any atom is 0.248 e. The fourth-order valence-electron chi connectivity index (χ4n) is 3.82. The quantitative estimate of drug-likeness (QED) is 0.753. The van der Waals surface area contributed by atoms with Gasteiger partial charge in [0, 0.05) is 51.6 Å². The number of piperidine rings is 2. The Morgan fingerprint density at radius 1 is 1.19 bits per heavy atom. The van der Waals surface area contributed by atoms with Gasteiger partial charge < -0.3 is 19.3 Å². The van der Waals surface area contributed by atoms with Crippen LogP contribution in [0.25, 0.3) is 0 Å². The van der Waals surface area contributed by atoms with Gasteiger partial charge in [0.05, 0.1) is 12.7 Å². The summed E-state index contributed by atoms with van der Waals surface area (Å²) in [6.07, 6.45) is 7.04. The van der Waals surface area contributed by atoms with E-state index >= 15 is 0 Å². The van der Waals surface area contributed by atoms with E-state index in [1.165, 1.54) is 7.11 Å². The van der Waals surface area contributed by atoms with Crippen molar-refractivity contribution in [1.29, 1.82) is 0 Å². The molecule has 148 valence electrons. The van der Waals surface area contributed by atoms with E-state index in [-0.39, 0.29) is 30.4 Å². The summed E-state index contributed by atoms with van der Waals surface area (Å²) in [5.74, 6) is 0.224. The maximum absolute atomic E-state index is 12.9. The van der Waals surface area contributed by atoms with Gasteiger partial charge in [0.15, 0.2) is 0 Å². The average Bonchev–Trinajstić information content (AvgIpc) is 2.73. The molecule has 2 aliphatic heterocycles. The van der Waals surface area contributed by atoms with Gasteiger partial charge >= 0.3 is 0 Å². The highest BCUT2D eigenvalue weighted by atomic mass is 16.5. The van der Waals surface area contributed by atoms with E-state index in [9.17, 15) is 9.59 Å². The molecular weight excluding hydrogens is 346 g/mol. The molecule has 0 saturated carbocycles. The van der Waals surface area contributed by atoms with E-state index in [0.29, 0.717) is 26.2 Å². The van der Waals surface area contributed by atoms with Crippen molar-refractivity contribution in [1.82, 2.24) is 14.8 Å². The molecule has 2 aliphatic rings. The maximum atomic E-state index is 12.9. The zero-order chi connectivity index (χ0) is 19.1. The lowest BCUT2D eigenvalue weighted by Gasteiger charge is -2.37. The van der Waals surface area contributed by atoms with Crippen molar-refractivity contribution >= 4 is 11.8 Å². The lowest BCUT2D eigenvalue weighted by Crippen LogP contribution is -2.49. The minimum atomic E-state index is 0.00485. The van der Waals surface area contributed by atoms with E-state index in [4.69, 9.17) is 9.47 Å². The Bertz CT molecular complexity index is 617. The third-order valence-corrected chi connectivity index (χ3v) is 5.36. The Labute approximate surface area is 160 Å². The molecule has 1 unspecified atom stereocenters. The first kappa shape index (κ1) is 19.8. The molecule has 7 nitrogen and oxygen atoms in total. The highest BCUT2D eigenvalue weighted by Crippen LogP contribution is 2.23. The topological polar surface area (TPSA) is 72.0 Å². The van der Waals surface area contributed by atoms with Gasteiger partial charge in [0.2, 0.25) is 11.8 Å². The van der Waals surface area contributed by atoms with Crippen molar-refractivity contribution in [2.45, 2.75) is 38.4 Å². The second kappa shape index (κ2) is 9.80. The second-order valence-electron chi connectivity index (χ2n) is 7.31. The molecule has 0 spiro atoms. The van der Waals surface area contributed by atoms with Crippen molar-refractivity contribution in [3.63, 3.8) is 0 Å². The summed E-state index contributed by atoms with van der Waals surface area (Å²) in [6.45, 7) is 3.36. The molecule has 3 heterocycles. The van der Waals surface area contributed by atoms with Gasteiger partial charge in [-0.2, -0.15) is 0 Å². The van der Waals surface area contributed by atoms with Gasteiger partial charge in [-0.3, -0.25) is 14.6 Å². The first-order valence-corrected chi connectivity index (χ1v) is 9.73. The SMILES string of the molecule is COCC(=O)N1CCC(C(=O)N2CCCC(OCc3cccnc3)C2)CC1. The standard InChI is InChI=1S/C20H29N3O4/c1-26-15-19(24)22-10-6-17(7-11-22)20(25)23-9-3-5-18(13-23)27-14-16-4-2-8-21-12-16/h2,4,8,12,17-18H,3,5-7,9-11,13-15H2,1H3. The molecule has 2 fully saturated rings. The Morgan fingerprint density at radius 3 is 2.70 bits per heavy atom. The largest absolute Gasteiger partial charge is 0.375 e. The molecule has 27 heavy (non-hydrogen) atoms. The summed E-state index contributed by atoms with van der Waals surface area (Å²) in [7, 11) is 1.53. The predicted molar refractivity (Wildman–Crippen MR) is 99.8 cm³/mol. The third-order valence-electron chi connectivity index (χ3n) is 5.36. The molecule has 2 amide bonds. The monoisotopic (exact) mass is 375 g/mol. The smallest absolute Gasteiger partial charge is 0.248 e. The number of likely N-dealkylation sites (tertiary alicyclic amines) is 2. The Hall–Kier alpha value is -1.99. The zero-order valence-electron chi connectivity index (χ0n) is 16.0. The normalized spacial score (nSPS) is 21.3. The number of pyridine rings is 1. The van der Waals surface area contributed by atoms with Crippen LogP contribution in [0.5, 0.6) is 0 Å². The van der Waals surface area contributed by atoms with Crippen molar-refractivity contribution in [2.24, 2.45) is 5.92 Å². The van der Waals surface area contributed by atoms with Gasteiger partial charge in [-0.25, -0.2) is 0 Å². The summed E-state index contributed by atoms with van der Waals surface area (Å²) < 4.78 is 10.9. The number of carbonyl (C=O) groups is 2. The number of ether oxygens (including phenoxy) is 2. The van der Waals surface area contributed by atoms with E-state index in [2.05, 4.69) is 4.98 Å². The van der Waals surface area contributed by atoms with E-state index in [1.54, 1.807) is 11.1 Å². The fraction of sp³-hybridized carbons (Fsp3) is 0.650. The first-order valence-electron chi connectivity index (χ1n) is 9.73. The van der Waals surface area contributed by atoms with Crippen LogP contribution in [0.15, 0.2) is 24.5 Å². The number of aromatic nitrogens is 1. The van der Waals surface area contributed by atoms with Crippen molar-refractivity contribution in [2.75, 3.05) is 39.9 Å². The molecule has 0 aromatic carbocycles. The third kappa shape index (κ3) is 5.49. The molecule has 0 bridgehead atoms. The summed E-state index contributed by atoms with van der Waals surface area (Å²) in [5, 5.41) is 0. The Kier molecular flexibility index (Phi) is 7.18. The molecule has 1 atom stereocenters. The molecule has 3 rings (SSSR count). The average molecular weight is 375 g/mol. The van der Waals surface area contributed by atoms with Crippen molar-refractivity contribution in [3.8, 4) is 0 Å². The van der Waals surface area contributed by atoms with Crippen LogP contribution in [-0.4, -0.2) is 72.6 Å². The summed E-state index contributed by atoms with van der Waals surface area (Å²) in [6, 6.07) is 3.90. The highest BCUT2D eigenvalue weighted by Gasteiger charge is 2.32. The van der Waals surface area contributed by atoms with E-state index in [1.807, 2.05) is 23.2 Å². The minimum Gasteiger partial charge on any atom is -0.375 e. The van der Waals surface area contributed by atoms with Crippen molar-refractivity contribution in [3.05, 3.63) is 30.1 Å². The van der Waals surface area contributed by atoms with Gasteiger partial charge in [-0.1, -0.05) is 6.07 Å². The van der Waals surface area contributed by atoms with Crippen LogP contribution in [0.1, 0.15) is 31.2 Å². The molecule has 7 heteroatoms. The molecule has 1 aromatic heterocycles. The zero-order valence-corrected chi connectivity index (χ0v) is 16.0. The first-order chi connectivity index (χ1) is 13.2.